The van der Waals surface area contributed by atoms with Gasteiger partial charge in [0, 0.05) is 31.4 Å². The van der Waals surface area contributed by atoms with Crippen molar-refractivity contribution < 1.29 is 4.79 Å². The van der Waals surface area contributed by atoms with E-state index in [9.17, 15) is 4.79 Å². The van der Waals surface area contributed by atoms with Crippen molar-refractivity contribution in [1.29, 1.82) is 0 Å². The van der Waals surface area contributed by atoms with Crippen LogP contribution in [0.1, 0.15) is 18.4 Å². The normalized spacial score (nSPS) is 15.3. The molecule has 0 aromatic carbocycles. The van der Waals surface area contributed by atoms with E-state index in [0.717, 1.165) is 18.4 Å². The lowest BCUT2D eigenvalue weighted by Gasteiger charge is -2.03. The highest BCUT2D eigenvalue weighted by Crippen LogP contribution is 2.18. The van der Waals surface area contributed by atoms with Gasteiger partial charge in [0.25, 0.3) is 0 Å². The summed E-state index contributed by atoms with van der Waals surface area (Å²) in [4.78, 5) is 11.3. The predicted molar refractivity (Wildman–Crippen MR) is 56.1 cm³/mol. The maximum absolute atomic E-state index is 11.3. The first-order chi connectivity index (χ1) is 7.24. The van der Waals surface area contributed by atoms with Crippen LogP contribution in [0, 0.1) is 0 Å². The van der Waals surface area contributed by atoms with Crippen molar-refractivity contribution in [3.8, 4) is 0 Å². The number of aryl methyl sites for hydroxylation is 1. The third-order valence-corrected chi connectivity index (χ3v) is 2.32. The first-order valence-corrected chi connectivity index (χ1v) is 5.21. The number of carbonyl (C=O) groups is 1. The molecule has 15 heavy (non-hydrogen) atoms. The topological polar surface area (TPSA) is 59.0 Å². The van der Waals surface area contributed by atoms with Crippen LogP contribution in [0.5, 0.6) is 0 Å². The zero-order chi connectivity index (χ0) is 10.7. The molecule has 82 valence electrons. The lowest BCUT2D eigenvalue weighted by Crippen LogP contribution is -2.34. The Kier molecular flexibility index (Phi) is 3.01. The SMILES string of the molecule is Cn1cc(CNCC(=O)NC2CC2)cn1. The Hall–Kier alpha value is -1.36. The molecule has 0 saturated heterocycles. The lowest BCUT2D eigenvalue weighted by atomic mass is 10.3. The van der Waals surface area contributed by atoms with E-state index in [-0.39, 0.29) is 5.91 Å². The molecule has 0 spiro atoms. The molecule has 1 aromatic heterocycles. The lowest BCUT2D eigenvalue weighted by molar-refractivity contribution is -0.120. The second-order valence-electron chi connectivity index (χ2n) is 3.97. The van der Waals surface area contributed by atoms with Gasteiger partial charge < -0.3 is 10.6 Å². The molecule has 1 amide bonds. The van der Waals surface area contributed by atoms with Crippen LogP contribution in [0.2, 0.25) is 0 Å². The molecule has 1 aromatic rings. The maximum atomic E-state index is 11.3. The van der Waals surface area contributed by atoms with Crippen molar-refractivity contribution in [1.82, 2.24) is 20.4 Å². The molecular formula is C10H16N4O. The highest BCUT2D eigenvalue weighted by atomic mass is 16.2. The van der Waals surface area contributed by atoms with Crippen molar-refractivity contribution in [2.45, 2.75) is 25.4 Å². The van der Waals surface area contributed by atoms with Gasteiger partial charge in [0.15, 0.2) is 0 Å². The third kappa shape index (κ3) is 3.36. The minimum Gasteiger partial charge on any atom is -0.352 e. The van der Waals surface area contributed by atoms with E-state index >= 15 is 0 Å². The molecule has 5 heteroatoms. The molecular weight excluding hydrogens is 192 g/mol. The van der Waals surface area contributed by atoms with Gasteiger partial charge in [0.1, 0.15) is 0 Å². The van der Waals surface area contributed by atoms with Gasteiger partial charge in [-0.1, -0.05) is 0 Å². The zero-order valence-corrected chi connectivity index (χ0v) is 8.86. The van der Waals surface area contributed by atoms with Crippen molar-refractivity contribution in [2.75, 3.05) is 6.54 Å². The molecule has 1 aliphatic carbocycles. The smallest absolute Gasteiger partial charge is 0.234 e. The van der Waals surface area contributed by atoms with E-state index < -0.39 is 0 Å². The Balaban J connectivity index is 1.63. The summed E-state index contributed by atoms with van der Waals surface area (Å²) in [7, 11) is 1.88. The Morgan fingerprint density at radius 1 is 1.67 bits per heavy atom. The summed E-state index contributed by atoms with van der Waals surface area (Å²) in [6.45, 7) is 1.07. The summed E-state index contributed by atoms with van der Waals surface area (Å²) in [6, 6.07) is 0.442. The molecule has 0 radical (unpaired) electrons. The van der Waals surface area contributed by atoms with Gasteiger partial charge in [-0.15, -0.1) is 0 Å². The van der Waals surface area contributed by atoms with Gasteiger partial charge in [-0.3, -0.25) is 9.48 Å². The highest BCUT2D eigenvalue weighted by Gasteiger charge is 2.22. The number of aromatic nitrogens is 2. The number of hydrogen-bond donors (Lipinski definition) is 2. The van der Waals surface area contributed by atoms with Crippen LogP contribution in [0.25, 0.3) is 0 Å². The Morgan fingerprint density at radius 3 is 3.07 bits per heavy atom. The average molecular weight is 208 g/mol. The summed E-state index contributed by atoms with van der Waals surface area (Å²) in [5.74, 6) is 0.0846. The maximum Gasteiger partial charge on any atom is 0.234 e. The molecule has 0 aliphatic heterocycles. The van der Waals surface area contributed by atoms with Gasteiger partial charge in [-0.2, -0.15) is 5.10 Å². The Bertz CT molecular complexity index is 343. The Morgan fingerprint density at radius 2 is 2.47 bits per heavy atom. The van der Waals surface area contributed by atoms with Crippen molar-refractivity contribution >= 4 is 5.91 Å². The van der Waals surface area contributed by atoms with E-state index in [1.807, 2.05) is 13.2 Å². The minimum atomic E-state index is 0.0846. The second kappa shape index (κ2) is 4.44. The fraction of sp³-hybridized carbons (Fsp3) is 0.600. The number of carbonyl (C=O) groups excluding carboxylic acids is 1. The second-order valence-corrected chi connectivity index (χ2v) is 3.97. The molecule has 0 bridgehead atoms. The molecule has 2 N–H and O–H groups in total. The van der Waals surface area contributed by atoms with Gasteiger partial charge >= 0.3 is 0 Å². The molecule has 0 atom stereocenters. The number of nitrogens with zero attached hydrogens (tertiary/aromatic N) is 2. The number of hydrogen-bond acceptors (Lipinski definition) is 3. The third-order valence-electron chi connectivity index (χ3n) is 2.32. The average Bonchev–Trinajstić information content (AvgIpc) is 2.89. The Labute approximate surface area is 88.8 Å². The highest BCUT2D eigenvalue weighted by molar-refractivity contribution is 5.78. The van der Waals surface area contributed by atoms with Gasteiger partial charge in [-0.25, -0.2) is 0 Å². The minimum absolute atomic E-state index is 0.0846. The molecule has 5 nitrogen and oxygen atoms in total. The first-order valence-electron chi connectivity index (χ1n) is 5.21. The fourth-order valence-electron chi connectivity index (χ4n) is 1.39. The van der Waals surface area contributed by atoms with E-state index in [0.29, 0.717) is 19.1 Å². The molecule has 1 aliphatic rings. The molecule has 2 rings (SSSR count). The number of nitrogens with one attached hydrogen (secondary N) is 2. The molecule has 1 saturated carbocycles. The summed E-state index contributed by atoms with van der Waals surface area (Å²) in [5, 5.41) is 10.1. The first kappa shape index (κ1) is 10.2. The number of amides is 1. The van der Waals surface area contributed by atoms with E-state index in [2.05, 4.69) is 15.7 Å². The van der Waals surface area contributed by atoms with Crippen LogP contribution in [-0.2, 0) is 18.4 Å². The molecule has 1 heterocycles. The van der Waals surface area contributed by atoms with E-state index in [4.69, 9.17) is 0 Å². The predicted octanol–water partition coefficient (Wildman–Crippen LogP) is -0.212. The van der Waals surface area contributed by atoms with Crippen LogP contribution in [-0.4, -0.2) is 28.3 Å². The van der Waals surface area contributed by atoms with Crippen molar-refractivity contribution in [3.05, 3.63) is 18.0 Å². The molecule has 0 unspecified atom stereocenters. The van der Waals surface area contributed by atoms with Crippen LogP contribution in [0.4, 0.5) is 0 Å². The monoisotopic (exact) mass is 208 g/mol. The number of rotatable bonds is 5. The van der Waals surface area contributed by atoms with Gasteiger partial charge in [-0.05, 0) is 12.8 Å². The summed E-state index contributed by atoms with van der Waals surface area (Å²) in [5.41, 5.74) is 1.09. The van der Waals surface area contributed by atoms with E-state index in [1.54, 1.807) is 10.9 Å². The summed E-state index contributed by atoms with van der Waals surface area (Å²) in [6.07, 6.45) is 6.00. The van der Waals surface area contributed by atoms with Crippen LogP contribution in [0.15, 0.2) is 12.4 Å². The van der Waals surface area contributed by atoms with Gasteiger partial charge in [0.2, 0.25) is 5.91 Å². The standard InChI is InChI=1S/C10H16N4O/c1-14-7-8(5-12-14)4-11-6-10(15)13-9-2-3-9/h5,7,9,11H,2-4,6H2,1H3,(H,13,15). The van der Waals surface area contributed by atoms with E-state index in [1.165, 1.54) is 0 Å². The van der Waals surface area contributed by atoms with Crippen molar-refractivity contribution in [3.63, 3.8) is 0 Å². The van der Waals surface area contributed by atoms with Crippen LogP contribution in [0.3, 0.4) is 0 Å². The van der Waals surface area contributed by atoms with Gasteiger partial charge in [0.05, 0.1) is 12.7 Å². The fourth-order valence-corrected chi connectivity index (χ4v) is 1.39. The quantitative estimate of drug-likeness (QED) is 0.704. The largest absolute Gasteiger partial charge is 0.352 e. The van der Waals surface area contributed by atoms with Crippen LogP contribution >= 0.6 is 0 Å². The molecule has 1 fully saturated rings. The van der Waals surface area contributed by atoms with Crippen LogP contribution < -0.4 is 10.6 Å². The zero-order valence-electron chi connectivity index (χ0n) is 8.86. The van der Waals surface area contributed by atoms with Crippen molar-refractivity contribution in [2.24, 2.45) is 7.05 Å². The summed E-state index contributed by atoms with van der Waals surface area (Å²) >= 11 is 0. The summed E-state index contributed by atoms with van der Waals surface area (Å²) < 4.78 is 1.75.